The van der Waals surface area contributed by atoms with Gasteiger partial charge in [-0.15, -0.1) is 0 Å². The van der Waals surface area contributed by atoms with E-state index >= 15 is 0 Å². The number of rotatable bonds is 4. The first-order valence-electron chi connectivity index (χ1n) is 6.08. The van der Waals surface area contributed by atoms with Crippen molar-refractivity contribution in [3.63, 3.8) is 0 Å². The van der Waals surface area contributed by atoms with Crippen LogP contribution in [0.2, 0.25) is 0 Å². The summed E-state index contributed by atoms with van der Waals surface area (Å²) in [4.78, 5) is 10.9. The van der Waals surface area contributed by atoms with E-state index in [0.717, 1.165) is 5.56 Å². The van der Waals surface area contributed by atoms with Crippen LogP contribution in [0, 0.1) is 11.3 Å². The van der Waals surface area contributed by atoms with Gasteiger partial charge in [0.1, 0.15) is 24.2 Å². The summed E-state index contributed by atoms with van der Waals surface area (Å²) in [7, 11) is 0. The molecule has 4 nitrogen and oxygen atoms in total. The number of nitriles is 1. The maximum Gasteiger partial charge on any atom is 0.308 e. The normalized spacial score (nSPS) is 9.60. The maximum atomic E-state index is 10.9. The molecule has 2 aromatic rings. The molecule has 0 aliphatic heterocycles. The summed E-state index contributed by atoms with van der Waals surface area (Å²) in [5.74, 6) is 0.341. The second-order valence-electron chi connectivity index (χ2n) is 4.14. The third-order valence-electron chi connectivity index (χ3n) is 2.57. The Hall–Kier alpha value is -2.80. The Morgan fingerprint density at radius 1 is 1.20 bits per heavy atom. The minimum absolute atomic E-state index is 0.243. The SMILES string of the molecule is CC(=O)Oc1ccc(OCc2ccccc2)cc1C#N. The monoisotopic (exact) mass is 267 g/mol. The van der Waals surface area contributed by atoms with Gasteiger partial charge in [-0.3, -0.25) is 4.79 Å². The van der Waals surface area contributed by atoms with Crippen LogP contribution in [0.4, 0.5) is 0 Å². The van der Waals surface area contributed by atoms with Crippen molar-refractivity contribution in [1.29, 1.82) is 5.26 Å². The van der Waals surface area contributed by atoms with Gasteiger partial charge in [0.05, 0.1) is 5.56 Å². The molecule has 0 fully saturated rings. The Morgan fingerprint density at radius 2 is 1.95 bits per heavy atom. The highest BCUT2D eigenvalue weighted by molar-refractivity contribution is 5.70. The average molecular weight is 267 g/mol. The molecular weight excluding hydrogens is 254 g/mol. The molecule has 0 amide bonds. The summed E-state index contributed by atoms with van der Waals surface area (Å²) < 4.78 is 10.5. The van der Waals surface area contributed by atoms with E-state index in [1.165, 1.54) is 6.92 Å². The van der Waals surface area contributed by atoms with Crippen molar-refractivity contribution in [1.82, 2.24) is 0 Å². The summed E-state index contributed by atoms with van der Waals surface area (Å²) in [6.07, 6.45) is 0. The molecule has 0 atom stereocenters. The van der Waals surface area contributed by atoms with E-state index in [9.17, 15) is 4.79 Å². The number of ether oxygens (including phenoxy) is 2. The second-order valence-corrected chi connectivity index (χ2v) is 4.14. The average Bonchev–Trinajstić information content (AvgIpc) is 2.46. The van der Waals surface area contributed by atoms with Gasteiger partial charge in [-0.1, -0.05) is 30.3 Å². The molecule has 0 aliphatic carbocycles. The molecule has 0 N–H and O–H groups in total. The van der Waals surface area contributed by atoms with E-state index in [1.807, 2.05) is 36.4 Å². The zero-order chi connectivity index (χ0) is 14.4. The third kappa shape index (κ3) is 3.59. The van der Waals surface area contributed by atoms with Gasteiger partial charge in [-0.05, 0) is 17.7 Å². The zero-order valence-electron chi connectivity index (χ0n) is 11.0. The predicted octanol–water partition coefficient (Wildman–Crippen LogP) is 3.06. The summed E-state index contributed by atoms with van der Waals surface area (Å²) in [6, 6.07) is 16.5. The summed E-state index contributed by atoms with van der Waals surface area (Å²) in [6.45, 7) is 1.71. The summed E-state index contributed by atoms with van der Waals surface area (Å²) in [5, 5.41) is 9.04. The number of hydrogen-bond donors (Lipinski definition) is 0. The van der Waals surface area contributed by atoms with Gasteiger partial charge < -0.3 is 9.47 Å². The lowest BCUT2D eigenvalue weighted by atomic mass is 10.2. The molecule has 0 radical (unpaired) electrons. The van der Waals surface area contributed by atoms with Crippen LogP contribution in [-0.4, -0.2) is 5.97 Å². The van der Waals surface area contributed by atoms with E-state index in [4.69, 9.17) is 14.7 Å². The van der Waals surface area contributed by atoms with Crippen LogP contribution in [0.1, 0.15) is 18.1 Å². The van der Waals surface area contributed by atoms with Crippen LogP contribution in [0.3, 0.4) is 0 Å². The van der Waals surface area contributed by atoms with Gasteiger partial charge in [0, 0.05) is 13.0 Å². The maximum absolute atomic E-state index is 10.9. The van der Waals surface area contributed by atoms with Crippen molar-refractivity contribution in [2.45, 2.75) is 13.5 Å². The van der Waals surface area contributed by atoms with Crippen molar-refractivity contribution in [2.75, 3.05) is 0 Å². The first-order valence-corrected chi connectivity index (χ1v) is 6.08. The van der Waals surface area contributed by atoms with Crippen LogP contribution < -0.4 is 9.47 Å². The number of nitrogens with zero attached hydrogens (tertiary/aromatic N) is 1. The molecule has 0 aromatic heterocycles. The number of carbonyl (C=O) groups is 1. The predicted molar refractivity (Wildman–Crippen MR) is 73.2 cm³/mol. The van der Waals surface area contributed by atoms with Crippen LogP contribution >= 0.6 is 0 Å². The number of esters is 1. The van der Waals surface area contributed by atoms with Gasteiger partial charge in [0.25, 0.3) is 0 Å². The van der Waals surface area contributed by atoms with Gasteiger partial charge in [0.15, 0.2) is 0 Å². The van der Waals surface area contributed by atoms with Crippen molar-refractivity contribution in [3.05, 3.63) is 59.7 Å². The van der Waals surface area contributed by atoms with E-state index in [-0.39, 0.29) is 11.3 Å². The molecule has 0 unspecified atom stereocenters. The summed E-state index contributed by atoms with van der Waals surface area (Å²) in [5.41, 5.74) is 1.31. The quantitative estimate of drug-likeness (QED) is 0.631. The fourth-order valence-electron chi connectivity index (χ4n) is 1.67. The Kier molecular flexibility index (Phi) is 4.35. The van der Waals surface area contributed by atoms with Crippen LogP contribution in [-0.2, 0) is 11.4 Å². The fourth-order valence-corrected chi connectivity index (χ4v) is 1.67. The standard InChI is InChI=1S/C16H13NO3/c1-12(18)20-16-8-7-15(9-14(16)10-17)19-11-13-5-3-2-4-6-13/h2-9H,11H2,1H3. The third-order valence-corrected chi connectivity index (χ3v) is 2.57. The lowest BCUT2D eigenvalue weighted by Crippen LogP contribution is -2.03. The van der Waals surface area contributed by atoms with Crippen LogP contribution in [0.15, 0.2) is 48.5 Å². The molecule has 0 heterocycles. The Morgan fingerprint density at radius 3 is 2.60 bits per heavy atom. The molecule has 4 heteroatoms. The first-order chi connectivity index (χ1) is 9.69. The van der Waals surface area contributed by atoms with Gasteiger partial charge >= 0.3 is 5.97 Å². The largest absolute Gasteiger partial charge is 0.489 e. The van der Waals surface area contributed by atoms with Crippen molar-refractivity contribution in [3.8, 4) is 17.6 Å². The zero-order valence-corrected chi connectivity index (χ0v) is 11.0. The number of hydrogen-bond acceptors (Lipinski definition) is 4. The molecular formula is C16H13NO3. The number of carbonyl (C=O) groups excluding carboxylic acids is 1. The van der Waals surface area contributed by atoms with Crippen molar-refractivity contribution in [2.24, 2.45) is 0 Å². The highest BCUT2D eigenvalue weighted by atomic mass is 16.5. The molecule has 0 aliphatic rings. The van der Waals surface area contributed by atoms with Gasteiger partial charge in [0.2, 0.25) is 0 Å². The Balaban J connectivity index is 2.10. The minimum Gasteiger partial charge on any atom is -0.489 e. The minimum atomic E-state index is -0.459. The molecule has 0 saturated heterocycles. The smallest absolute Gasteiger partial charge is 0.308 e. The second kappa shape index (κ2) is 6.39. The Labute approximate surface area is 117 Å². The van der Waals surface area contributed by atoms with Crippen molar-refractivity contribution >= 4 is 5.97 Å². The Bertz CT molecular complexity index is 645. The number of benzene rings is 2. The molecule has 2 rings (SSSR count). The van der Waals surface area contributed by atoms with E-state index in [0.29, 0.717) is 12.4 Å². The van der Waals surface area contributed by atoms with E-state index in [1.54, 1.807) is 18.2 Å². The van der Waals surface area contributed by atoms with Gasteiger partial charge in [-0.2, -0.15) is 5.26 Å². The summed E-state index contributed by atoms with van der Waals surface area (Å²) >= 11 is 0. The lowest BCUT2D eigenvalue weighted by molar-refractivity contribution is -0.131. The molecule has 0 spiro atoms. The first kappa shape index (κ1) is 13.6. The van der Waals surface area contributed by atoms with Crippen LogP contribution in [0.5, 0.6) is 11.5 Å². The van der Waals surface area contributed by atoms with E-state index < -0.39 is 5.97 Å². The van der Waals surface area contributed by atoms with E-state index in [2.05, 4.69) is 0 Å². The topological polar surface area (TPSA) is 59.3 Å². The molecule has 0 bridgehead atoms. The highest BCUT2D eigenvalue weighted by Crippen LogP contribution is 2.24. The molecule has 20 heavy (non-hydrogen) atoms. The molecule has 2 aromatic carbocycles. The van der Waals surface area contributed by atoms with Gasteiger partial charge in [-0.25, -0.2) is 0 Å². The molecule has 0 saturated carbocycles. The van der Waals surface area contributed by atoms with Crippen molar-refractivity contribution < 1.29 is 14.3 Å². The highest BCUT2D eigenvalue weighted by Gasteiger charge is 2.07. The lowest BCUT2D eigenvalue weighted by Gasteiger charge is -2.08. The van der Waals surface area contributed by atoms with Crippen LogP contribution in [0.25, 0.3) is 0 Å². The molecule has 100 valence electrons. The fraction of sp³-hybridized carbons (Fsp3) is 0.125.